The van der Waals surface area contributed by atoms with Crippen molar-refractivity contribution in [2.75, 3.05) is 20.2 Å². The molecule has 0 aliphatic carbocycles. The van der Waals surface area contributed by atoms with E-state index in [9.17, 15) is 19.1 Å². The monoisotopic (exact) mass is 297 g/mol. The minimum atomic E-state index is -1.18. The molecule has 1 N–H and O–H groups in total. The average Bonchev–Trinajstić information content (AvgIpc) is 2.45. The van der Waals surface area contributed by atoms with E-state index in [2.05, 4.69) is 0 Å². The molecule has 0 aromatic heterocycles. The van der Waals surface area contributed by atoms with Crippen molar-refractivity contribution in [2.45, 2.75) is 26.2 Å². The molecule has 1 unspecified atom stereocenters. The van der Waals surface area contributed by atoms with Gasteiger partial charge in [-0.3, -0.25) is 9.59 Å². The first-order valence-corrected chi connectivity index (χ1v) is 6.78. The number of aliphatic carboxylic acids is 1. The maximum atomic E-state index is 13.4. The Balaban J connectivity index is 3.11. The fourth-order valence-corrected chi connectivity index (χ4v) is 2.19. The van der Waals surface area contributed by atoms with Gasteiger partial charge in [-0.25, -0.2) is 4.39 Å². The van der Waals surface area contributed by atoms with Gasteiger partial charge in [0, 0.05) is 25.1 Å². The number of nitrogens with zero attached hydrogens (tertiary/aromatic N) is 1. The fourth-order valence-electron chi connectivity index (χ4n) is 2.19. The smallest absolute Gasteiger partial charge is 0.311 e. The Morgan fingerprint density at radius 1 is 1.33 bits per heavy atom. The molecule has 0 radical (unpaired) electrons. The summed E-state index contributed by atoms with van der Waals surface area (Å²) in [6, 6.07) is 3.66. The summed E-state index contributed by atoms with van der Waals surface area (Å²) in [6.45, 7) is 4.64. The summed E-state index contributed by atoms with van der Waals surface area (Å²) in [5.74, 6) is -2.90. The SMILES string of the molecule is CCN(CC)C(=O)CC(C(=O)O)c1cc(F)ccc1OC. The first-order valence-electron chi connectivity index (χ1n) is 6.78. The highest BCUT2D eigenvalue weighted by Crippen LogP contribution is 2.30. The zero-order chi connectivity index (χ0) is 16.0. The maximum absolute atomic E-state index is 13.4. The van der Waals surface area contributed by atoms with E-state index in [0.717, 1.165) is 6.07 Å². The van der Waals surface area contributed by atoms with Crippen LogP contribution in [-0.4, -0.2) is 42.1 Å². The lowest BCUT2D eigenvalue weighted by Crippen LogP contribution is -2.32. The Labute approximate surface area is 123 Å². The van der Waals surface area contributed by atoms with E-state index in [0.29, 0.717) is 13.1 Å². The van der Waals surface area contributed by atoms with Crippen LogP contribution in [0.25, 0.3) is 0 Å². The van der Waals surface area contributed by atoms with Gasteiger partial charge in [0.25, 0.3) is 0 Å². The minimum absolute atomic E-state index is 0.172. The van der Waals surface area contributed by atoms with Gasteiger partial charge in [0.2, 0.25) is 5.91 Å². The molecule has 1 rings (SSSR count). The normalized spacial score (nSPS) is 11.8. The molecule has 1 aromatic carbocycles. The summed E-state index contributed by atoms with van der Waals surface area (Å²) in [6.07, 6.45) is -0.225. The molecule has 21 heavy (non-hydrogen) atoms. The predicted octanol–water partition coefficient (Wildman–Crippen LogP) is 2.26. The summed E-state index contributed by atoms with van der Waals surface area (Å²) in [5, 5.41) is 9.36. The summed E-state index contributed by atoms with van der Waals surface area (Å²) in [5.41, 5.74) is 0.172. The van der Waals surface area contributed by atoms with Crippen molar-refractivity contribution in [1.29, 1.82) is 0 Å². The van der Waals surface area contributed by atoms with E-state index in [4.69, 9.17) is 4.74 Å². The topological polar surface area (TPSA) is 66.8 Å². The molecule has 0 spiro atoms. The van der Waals surface area contributed by atoms with Crippen LogP contribution < -0.4 is 4.74 Å². The highest BCUT2D eigenvalue weighted by atomic mass is 19.1. The fraction of sp³-hybridized carbons (Fsp3) is 0.467. The molecule has 116 valence electrons. The van der Waals surface area contributed by atoms with Gasteiger partial charge in [-0.2, -0.15) is 0 Å². The molecule has 0 bridgehead atoms. The van der Waals surface area contributed by atoms with Crippen LogP contribution in [0.4, 0.5) is 4.39 Å². The molecule has 6 heteroatoms. The number of carboxylic acid groups (broad SMARTS) is 1. The van der Waals surface area contributed by atoms with Crippen molar-refractivity contribution < 1.29 is 23.8 Å². The zero-order valence-electron chi connectivity index (χ0n) is 12.4. The number of carbonyl (C=O) groups is 2. The van der Waals surface area contributed by atoms with Crippen molar-refractivity contribution in [3.05, 3.63) is 29.6 Å². The van der Waals surface area contributed by atoms with E-state index in [-0.39, 0.29) is 23.6 Å². The second kappa shape index (κ2) is 7.61. The quantitative estimate of drug-likeness (QED) is 0.838. The zero-order valence-corrected chi connectivity index (χ0v) is 12.4. The molecule has 0 saturated heterocycles. The van der Waals surface area contributed by atoms with Gasteiger partial charge in [-0.15, -0.1) is 0 Å². The van der Waals surface area contributed by atoms with E-state index >= 15 is 0 Å². The van der Waals surface area contributed by atoms with Crippen LogP contribution >= 0.6 is 0 Å². The van der Waals surface area contributed by atoms with Gasteiger partial charge in [-0.1, -0.05) is 0 Å². The summed E-state index contributed by atoms with van der Waals surface area (Å²) < 4.78 is 18.5. The van der Waals surface area contributed by atoms with Crippen LogP contribution in [0.15, 0.2) is 18.2 Å². The third kappa shape index (κ3) is 4.18. The molecule has 1 aromatic rings. The Kier molecular flexibility index (Phi) is 6.14. The molecule has 1 atom stereocenters. The molecule has 1 amide bonds. The van der Waals surface area contributed by atoms with Gasteiger partial charge >= 0.3 is 5.97 Å². The number of benzene rings is 1. The lowest BCUT2D eigenvalue weighted by Gasteiger charge is -2.22. The molecular formula is C15H20FNO4. The third-order valence-corrected chi connectivity index (χ3v) is 3.36. The van der Waals surface area contributed by atoms with Crippen molar-refractivity contribution >= 4 is 11.9 Å². The molecule has 0 fully saturated rings. The van der Waals surface area contributed by atoms with E-state index < -0.39 is 17.7 Å². The van der Waals surface area contributed by atoms with Gasteiger partial charge < -0.3 is 14.7 Å². The van der Waals surface area contributed by atoms with E-state index in [1.807, 2.05) is 13.8 Å². The number of rotatable bonds is 7. The number of carboxylic acids is 1. The summed E-state index contributed by atoms with van der Waals surface area (Å²) >= 11 is 0. The van der Waals surface area contributed by atoms with Gasteiger partial charge in [0.15, 0.2) is 0 Å². The Morgan fingerprint density at radius 3 is 2.43 bits per heavy atom. The molecular weight excluding hydrogens is 277 g/mol. The van der Waals surface area contributed by atoms with Crippen molar-refractivity contribution in [1.82, 2.24) is 4.90 Å². The van der Waals surface area contributed by atoms with Crippen LogP contribution in [0.1, 0.15) is 31.7 Å². The second-order valence-corrected chi connectivity index (χ2v) is 4.55. The molecule has 0 heterocycles. The van der Waals surface area contributed by atoms with Crippen LogP contribution in [-0.2, 0) is 9.59 Å². The number of carbonyl (C=O) groups excluding carboxylic acids is 1. The van der Waals surface area contributed by atoms with Crippen molar-refractivity contribution in [3.8, 4) is 5.75 Å². The summed E-state index contributed by atoms with van der Waals surface area (Å²) in [7, 11) is 1.38. The molecule has 0 saturated carbocycles. The van der Waals surface area contributed by atoms with Crippen LogP contribution in [0.3, 0.4) is 0 Å². The first-order chi connectivity index (χ1) is 9.94. The average molecular weight is 297 g/mol. The van der Waals surface area contributed by atoms with Gasteiger partial charge in [-0.05, 0) is 32.0 Å². The lowest BCUT2D eigenvalue weighted by molar-refractivity contribution is -0.142. The maximum Gasteiger partial charge on any atom is 0.311 e. The van der Waals surface area contributed by atoms with Crippen LogP contribution in [0.2, 0.25) is 0 Å². The lowest BCUT2D eigenvalue weighted by atomic mass is 9.94. The van der Waals surface area contributed by atoms with E-state index in [1.54, 1.807) is 4.90 Å². The third-order valence-electron chi connectivity index (χ3n) is 3.36. The number of hydrogen-bond acceptors (Lipinski definition) is 3. The molecule has 0 aliphatic rings. The molecule has 5 nitrogen and oxygen atoms in total. The van der Waals surface area contributed by atoms with Gasteiger partial charge in [0.05, 0.1) is 13.0 Å². The van der Waals surface area contributed by atoms with Crippen molar-refractivity contribution in [3.63, 3.8) is 0 Å². The van der Waals surface area contributed by atoms with Crippen LogP contribution in [0.5, 0.6) is 5.75 Å². The molecule has 0 aliphatic heterocycles. The highest BCUT2D eigenvalue weighted by Gasteiger charge is 2.28. The van der Waals surface area contributed by atoms with Gasteiger partial charge in [0.1, 0.15) is 11.6 Å². The first kappa shape index (κ1) is 16.9. The second-order valence-electron chi connectivity index (χ2n) is 4.55. The Bertz CT molecular complexity index is 514. The summed E-state index contributed by atoms with van der Waals surface area (Å²) in [4.78, 5) is 25.1. The van der Waals surface area contributed by atoms with Crippen LogP contribution in [0, 0.1) is 5.82 Å². The Hall–Kier alpha value is -2.11. The number of hydrogen-bond donors (Lipinski definition) is 1. The number of halogens is 1. The number of methoxy groups -OCH3 is 1. The number of amides is 1. The minimum Gasteiger partial charge on any atom is -0.496 e. The number of ether oxygens (including phenoxy) is 1. The van der Waals surface area contributed by atoms with Crippen molar-refractivity contribution in [2.24, 2.45) is 0 Å². The standard InChI is InChI=1S/C15H20FNO4/c1-4-17(5-2)14(18)9-12(15(19)20)11-8-10(16)6-7-13(11)21-3/h6-8,12H,4-5,9H2,1-3H3,(H,19,20). The predicted molar refractivity (Wildman–Crippen MR) is 75.9 cm³/mol. The highest BCUT2D eigenvalue weighted by molar-refractivity contribution is 5.86. The Morgan fingerprint density at radius 2 is 1.95 bits per heavy atom. The van der Waals surface area contributed by atoms with E-state index in [1.165, 1.54) is 19.2 Å². The largest absolute Gasteiger partial charge is 0.496 e.